The molecule has 0 aliphatic heterocycles. The molecule has 130 valence electrons. The Labute approximate surface area is 139 Å². The van der Waals surface area contributed by atoms with Gasteiger partial charge in [0.05, 0.1) is 5.56 Å². The van der Waals surface area contributed by atoms with Gasteiger partial charge in [0.2, 0.25) is 0 Å². The molecular formula is C15H18O8P+. The van der Waals surface area contributed by atoms with Gasteiger partial charge in [-0.15, -0.1) is 4.52 Å². The van der Waals surface area contributed by atoms with Crippen molar-refractivity contribution in [2.24, 2.45) is 0 Å². The largest absolute Gasteiger partial charge is 0.508 e. The highest BCUT2D eigenvalue weighted by atomic mass is 31.1. The van der Waals surface area contributed by atoms with E-state index in [0.717, 1.165) is 0 Å². The van der Waals surface area contributed by atoms with Crippen LogP contribution in [0.5, 0.6) is 0 Å². The molecule has 1 unspecified atom stereocenters. The number of rotatable bonds is 11. The minimum Gasteiger partial charge on any atom is -0.479 e. The quantitative estimate of drug-likeness (QED) is 0.350. The fourth-order valence-corrected chi connectivity index (χ4v) is 2.76. The molecule has 0 bridgehead atoms. The first-order chi connectivity index (χ1) is 11.4. The van der Waals surface area contributed by atoms with Gasteiger partial charge in [-0.2, -0.15) is 0 Å². The summed E-state index contributed by atoms with van der Waals surface area (Å²) in [4.78, 5) is 32.6. The number of hydrogen-bond acceptors (Lipinski definition) is 6. The Morgan fingerprint density at radius 1 is 1.00 bits per heavy atom. The van der Waals surface area contributed by atoms with E-state index >= 15 is 0 Å². The predicted octanol–water partition coefficient (Wildman–Crippen LogP) is 2.09. The number of carbonyl (C=O) groups is 3. The van der Waals surface area contributed by atoms with Crippen molar-refractivity contribution in [3.8, 4) is 0 Å². The zero-order chi connectivity index (χ0) is 17.9. The van der Waals surface area contributed by atoms with Gasteiger partial charge in [-0.1, -0.05) is 18.2 Å². The zero-order valence-electron chi connectivity index (χ0n) is 12.8. The molecule has 1 atom stereocenters. The number of carbonyl (C=O) groups excluding carboxylic acids is 1. The van der Waals surface area contributed by atoms with Gasteiger partial charge >= 0.3 is 25.9 Å². The highest BCUT2D eigenvalue weighted by molar-refractivity contribution is 7.39. The lowest BCUT2D eigenvalue weighted by Gasteiger charge is -2.07. The lowest BCUT2D eigenvalue weighted by Crippen LogP contribution is -2.14. The Morgan fingerprint density at radius 2 is 1.67 bits per heavy atom. The van der Waals surface area contributed by atoms with Crippen LogP contribution in [0, 0.1) is 0 Å². The highest BCUT2D eigenvalue weighted by Gasteiger charge is 2.19. The van der Waals surface area contributed by atoms with E-state index in [4.69, 9.17) is 10.2 Å². The number of esters is 1. The Kier molecular flexibility index (Phi) is 8.60. The standard InChI is InChI=1S/C15H17O8P/c16-13(17)9-22-15(20)12-7-2-1-5-11(12)6-3-4-8-24(21)23-10-14(18)19/h1-2,5,7H,3-4,6,8-10H2,(H-,16,17,18,19)/p+1. The fraction of sp³-hybridized carbons (Fsp3) is 0.400. The summed E-state index contributed by atoms with van der Waals surface area (Å²) in [5.74, 6) is -3.11. The molecule has 0 aliphatic carbocycles. The number of aryl methyl sites for hydroxylation is 1. The van der Waals surface area contributed by atoms with Crippen LogP contribution in [-0.2, 0) is 29.8 Å². The predicted molar refractivity (Wildman–Crippen MR) is 83.4 cm³/mol. The molecule has 1 aromatic rings. The van der Waals surface area contributed by atoms with E-state index in [-0.39, 0.29) is 6.16 Å². The molecule has 0 fully saturated rings. The lowest BCUT2D eigenvalue weighted by molar-refractivity contribution is -0.140. The van der Waals surface area contributed by atoms with Crippen LogP contribution in [-0.4, -0.2) is 47.5 Å². The van der Waals surface area contributed by atoms with Gasteiger partial charge in [0.15, 0.2) is 19.4 Å². The first-order valence-corrected chi connectivity index (χ1v) is 8.52. The van der Waals surface area contributed by atoms with Crippen LogP contribution in [0.3, 0.4) is 0 Å². The highest BCUT2D eigenvalue weighted by Crippen LogP contribution is 2.24. The van der Waals surface area contributed by atoms with E-state index in [1.165, 1.54) is 0 Å². The van der Waals surface area contributed by atoms with E-state index < -0.39 is 39.1 Å². The average molecular weight is 357 g/mol. The Morgan fingerprint density at radius 3 is 2.33 bits per heavy atom. The number of hydrogen-bond donors (Lipinski definition) is 2. The summed E-state index contributed by atoms with van der Waals surface area (Å²) >= 11 is 0. The molecule has 0 aromatic heterocycles. The van der Waals surface area contributed by atoms with Crippen LogP contribution in [0.4, 0.5) is 0 Å². The number of unbranched alkanes of at least 4 members (excludes halogenated alkanes) is 1. The van der Waals surface area contributed by atoms with Gasteiger partial charge in [0.1, 0.15) is 0 Å². The SMILES string of the molecule is O=C(O)COC(=O)c1ccccc1CCCC[P+](=O)OCC(=O)O. The third-order valence-corrected chi connectivity index (χ3v) is 4.03. The Balaban J connectivity index is 2.45. The molecule has 9 heteroatoms. The van der Waals surface area contributed by atoms with E-state index in [2.05, 4.69) is 9.26 Å². The number of aliphatic carboxylic acids is 2. The lowest BCUT2D eigenvalue weighted by atomic mass is 10.0. The third-order valence-electron chi connectivity index (χ3n) is 2.93. The Hall–Kier alpha value is -2.31. The first kappa shape index (κ1) is 19.7. The van der Waals surface area contributed by atoms with E-state index in [9.17, 15) is 18.9 Å². The maximum absolute atomic E-state index is 11.9. The maximum Gasteiger partial charge on any atom is 0.508 e. The van der Waals surface area contributed by atoms with Gasteiger partial charge in [0.25, 0.3) is 0 Å². The smallest absolute Gasteiger partial charge is 0.479 e. The van der Waals surface area contributed by atoms with Crippen molar-refractivity contribution in [3.05, 3.63) is 35.4 Å². The number of carboxylic acid groups (broad SMARTS) is 2. The molecule has 2 N–H and O–H groups in total. The van der Waals surface area contributed by atoms with Crippen molar-refractivity contribution < 1.29 is 38.4 Å². The van der Waals surface area contributed by atoms with Crippen molar-refractivity contribution >= 4 is 25.9 Å². The summed E-state index contributed by atoms with van der Waals surface area (Å²) in [5.41, 5.74) is 1.000. The summed E-state index contributed by atoms with van der Waals surface area (Å²) in [5, 5.41) is 16.9. The van der Waals surface area contributed by atoms with Crippen molar-refractivity contribution in [3.63, 3.8) is 0 Å². The topological polar surface area (TPSA) is 127 Å². The van der Waals surface area contributed by atoms with Crippen LogP contribution < -0.4 is 0 Å². The Bertz CT molecular complexity index is 613. The summed E-state index contributed by atoms with van der Waals surface area (Å²) in [6.07, 6.45) is 1.89. The second-order valence-corrected chi connectivity index (χ2v) is 6.18. The van der Waals surface area contributed by atoms with E-state index in [1.807, 2.05) is 0 Å². The van der Waals surface area contributed by atoms with Gasteiger partial charge in [0, 0.05) is 0 Å². The molecular weight excluding hydrogens is 339 g/mol. The minimum absolute atomic E-state index is 0.230. The van der Waals surface area contributed by atoms with Crippen molar-refractivity contribution in [1.29, 1.82) is 0 Å². The van der Waals surface area contributed by atoms with E-state index in [0.29, 0.717) is 30.4 Å². The van der Waals surface area contributed by atoms with Gasteiger partial charge in [-0.05, 0) is 35.5 Å². The van der Waals surface area contributed by atoms with Gasteiger partial charge in [-0.3, -0.25) is 0 Å². The second kappa shape index (κ2) is 10.5. The van der Waals surface area contributed by atoms with Crippen LogP contribution in [0.25, 0.3) is 0 Å². The summed E-state index contributed by atoms with van der Waals surface area (Å²) in [7, 11) is -2.01. The number of ether oxygens (including phenoxy) is 1. The molecule has 0 aliphatic rings. The van der Waals surface area contributed by atoms with Crippen LogP contribution in [0.2, 0.25) is 0 Å². The van der Waals surface area contributed by atoms with E-state index in [1.54, 1.807) is 24.3 Å². The second-order valence-electron chi connectivity index (χ2n) is 4.81. The average Bonchev–Trinajstić information content (AvgIpc) is 2.55. The third kappa shape index (κ3) is 7.80. The van der Waals surface area contributed by atoms with Crippen molar-refractivity contribution in [1.82, 2.24) is 0 Å². The molecule has 0 radical (unpaired) electrons. The molecule has 0 saturated carbocycles. The molecule has 1 rings (SSSR count). The van der Waals surface area contributed by atoms with Crippen LogP contribution in [0.1, 0.15) is 28.8 Å². The molecule has 8 nitrogen and oxygen atoms in total. The molecule has 24 heavy (non-hydrogen) atoms. The summed E-state index contributed by atoms with van der Waals surface area (Å²) in [6, 6.07) is 6.69. The van der Waals surface area contributed by atoms with Gasteiger partial charge in [-0.25, -0.2) is 14.4 Å². The molecule has 0 amide bonds. The van der Waals surface area contributed by atoms with Gasteiger partial charge < -0.3 is 14.9 Å². The maximum atomic E-state index is 11.9. The van der Waals surface area contributed by atoms with Crippen LogP contribution >= 0.6 is 8.03 Å². The van der Waals surface area contributed by atoms with Crippen molar-refractivity contribution in [2.45, 2.75) is 19.3 Å². The molecule has 0 heterocycles. The zero-order valence-corrected chi connectivity index (χ0v) is 13.7. The normalized spacial score (nSPS) is 10.9. The van der Waals surface area contributed by atoms with Crippen LogP contribution in [0.15, 0.2) is 24.3 Å². The number of benzene rings is 1. The molecule has 0 spiro atoms. The number of carboxylic acids is 2. The minimum atomic E-state index is -2.01. The van der Waals surface area contributed by atoms with Crippen molar-refractivity contribution in [2.75, 3.05) is 19.4 Å². The fourth-order valence-electron chi connectivity index (χ4n) is 1.89. The summed E-state index contributed by atoms with van der Waals surface area (Å²) < 4.78 is 20.7. The summed E-state index contributed by atoms with van der Waals surface area (Å²) in [6.45, 7) is -1.29. The first-order valence-electron chi connectivity index (χ1n) is 7.16. The molecule has 0 saturated heterocycles. The molecule has 1 aromatic carbocycles. The monoisotopic (exact) mass is 357 g/mol.